The van der Waals surface area contributed by atoms with Crippen LogP contribution in [0, 0.1) is 13.8 Å². The molecular weight excluding hydrogens is 372 g/mol. The highest BCUT2D eigenvalue weighted by Crippen LogP contribution is 2.15. The van der Waals surface area contributed by atoms with Crippen LogP contribution in [-0.2, 0) is 0 Å². The quantitative estimate of drug-likeness (QED) is 0.606. The molecule has 3 N–H and O–H groups in total. The number of aromatic nitrogens is 5. The number of nitrogens with one attached hydrogen (secondary N) is 3. The maximum atomic E-state index is 12.7. The lowest BCUT2D eigenvalue weighted by atomic mass is 10.2. The van der Waals surface area contributed by atoms with Gasteiger partial charge in [-0.3, -0.25) is 20.4 Å². The lowest BCUT2D eigenvalue weighted by Crippen LogP contribution is -2.28. The van der Waals surface area contributed by atoms with Crippen LogP contribution in [0.4, 0.5) is 16.6 Å². The van der Waals surface area contributed by atoms with Gasteiger partial charge in [0.1, 0.15) is 17.3 Å². The summed E-state index contributed by atoms with van der Waals surface area (Å²) < 4.78 is 0. The first-order valence-electron chi connectivity index (χ1n) is 8.94. The van der Waals surface area contributed by atoms with E-state index in [0.717, 1.165) is 0 Å². The van der Waals surface area contributed by atoms with Gasteiger partial charge in [-0.1, -0.05) is 6.07 Å². The maximum Gasteiger partial charge on any atom is 0.320 e. The maximum absolute atomic E-state index is 12.7. The predicted molar refractivity (Wildman–Crippen MR) is 107 cm³/mol. The SMILES string of the molecule is CCNC(=O)Nc1ccc(C(=O)Nc2nc(C)nc(-c3ccccn3)n2)c(C)n1. The molecule has 0 saturated heterocycles. The van der Waals surface area contributed by atoms with Gasteiger partial charge in [0.2, 0.25) is 5.95 Å². The molecule has 148 valence electrons. The van der Waals surface area contributed by atoms with E-state index in [1.165, 1.54) is 0 Å². The van der Waals surface area contributed by atoms with Gasteiger partial charge < -0.3 is 5.32 Å². The molecule has 0 bridgehead atoms. The molecule has 0 fully saturated rings. The summed E-state index contributed by atoms with van der Waals surface area (Å²) in [7, 11) is 0. The van der Waals surface area contributed by atoms with Crippen LogP contribution in [0.3, 0.4) is 0 Å². The second-order valence-electron chi connectivity index (χ2n) is 6.01. The van der Waals surface area contributed by atoms with Crippen molar-refractivity contribution in [3.8, 4) is 11.5 Å². The minimum atomic E-state index is -0.419. The number of pyridine rings is 2. The van der Waals surface area contributed by atoms with E-state index in [1.807, 2.05) is 13.0 Å². The van der Waals surface area contributed by atoms with Gasteiger partial charge in [0, 0.05) is 12.7 Å². The molecule has 0 aromatic carbocycles. The van der Waals surface area contributed by atoms with Crippen LogP contribution in [0.5, 0.6) is 0 Å². The number of hydrogen-bond donors (Lipinski definition) is 3. The van der Waals surface area contributed by atoms with Crippen molar-refractivity contribution in [2.75, 3.05) is 17.2 Å². The molecule has 3 heterocycles. The molecule has 3 aromatic rings. The number of nitrogens with zero attached hydrogens (tertiary/aromatic N) is 5. The number of carbonyl (C=O) groups is 2. The zero-order chi connectivity index (χ0) is 20.8. The molecule has 0 aliphatic heterocycles. The molecule has 3 rings (SSSR count). The third-order valence-electron chi connectivity index (χ3n) is 3.78. The van der Waals surface area contributed by atoms with E-state index in [2.05, 4.69) is 40.9 Å². The Balaban J connectivity index is 1.78. The van der Waals surface area contributed by atoms with E-state index in [1.54, 1.807) is 44.3 Å². The second kappa shape index (κ2) is 8.83. The van der Waals surface area contributed by atoms with Crippen LogP contribution in [0.15, 0.2) is 36.5 Å². The molecule has 0 aliphatic carbocycles. The van der Waals surface area contributed by atoms with Crippen LogP contribution in [0.1, 0.15) is 28.8 Å². The molecule has 3 amide bonds. The van der Waals surface area contributed by atoms with Crippen molar-refractivity contribution in [2.24, 2.45) is 0 Å². The predicted octanol–water partition coefficient (Wildman–Crippen LogP) is 2.34. The first kappa shape index (κ1) is 19.8. The minimum absolute atomic E-state index is 0.118. The molecule has 29 heavy (non-hydrogen) atoms. The number of amides is 3. The van der Waals surface area contributed by atoms with Gasteiger partial charge >= 0.3 is 6.03 Å². The van der Waals surface area contributed by atoms with Crippen molar-refractivity contribution in [3.63, 3.8) is 0 Å². The van der Waals surface area contributed by atoms with Crippen LogP contribution in [0.25, 0.3) is 11.5 Å². The van der Waals surface area contributed by atoms with Gasteiger partial charge in [-0.2, -0.15) is 9.97 Å². The van der Waals surface area contributed by atoms with Gasteiger partial charge in [0.15, 0.2) is 5.82 Å². The number of rotatable bonds is 5. The van der Waals surface area contributed by atoms with Crippen LogP contribution in [0.2, 0.25) is 0 Å². The van der Waals surface area contributed by atoms with Crippen molar-refractivity contribution < 1.29 is 9.59 Å². The molecule has 10 nitrogen and oxygen atoms in total. The Morgan fingerprint density at radius 3 is 2.48 bits per heavy atom. The van der Waals surface area contributed by atoms with Crippen LogP contribution in [-0.4, -0.2) is 43.4 Å². The van der Waals surface area contributed by atoms with Gasteiger partial charge in [0.25, 0.3) is 5.91 Å². The van der Waals surface area contributed by atoms with E-state index in [0.29, 0.717) is 41.0 Å². The van der Waals surface area contributed by atoms with Gasteiger partial charge in [-0.15, -0.1) is 0 Å². The Morgan fingerprint density at radius 1 is 0.966 bits per heavy atom. The van der Waals surface area contributed by atoms with Crippen molar-refractivity contribution in [1.82, 2.24) is 30.2 Å². The zero-order valence-corrected chi connectivity index (χ0v) is 16.2. The Hall–Kier alpha value is -3.95. The Kier molecular flexibility index (Phi) is 6.03. The highest BCUT2D eigenvalue weighted by atomic mass is 16.2. The molecule has 0 unspecified atom stereocenters. The largest absolute Gasteiger partial charge is 0.338 e. The average molecular weight is 392 g/mol. The fourth-order valence-corrected chi connectivity index (χ4v) is 2.51. The van der Waals surface area contributed by atoms with Crippen LogP contribution >= 0.6 is 0 Å². The first-order valence-corrected chi connectivity index (χ1v) is 8.94. The summed E-state index contributed by atoms with van der Waals surface area (Å²) in [5.74, 6) is 0.861. The summed E-state index contributed by atoms with van der Waals surface area (Å²) in [6.45, 7) is 5.69. The summed E-state index contributed by atoms with van der Waals surface area (Å²) in [6, 6.07) is 8.15. The summed E-state index contributed by atoms with van der Waals surface area (Å²) in [4.78, 5) is 45.4. The summed E-state index contributed by atoms with van der Waals surface area (Å²) >= 11 is 0. The van der Waals surface area contributed by atoms with Gasteiger partial charge in [0.05, 0.1) is 11.3 Å². The first-order chi connectivity index (χ1) is 14.0. The third-order valence-corrected chi connectivity index (χ3v) is 3.78. The third kappa shape index (κ3) is 5.06. The van der Waals surface area contributed by atoms with E-state index in [9.17, 15) is 9.59 Å². The number of anilines is 2. The van der Waals surface area contributed by atoms with Gasteiger partial charge in [-0.05, 0) is 45.0 Å². The van der Waals surface area contributed by atoms with E-state index < -0.39 is 5.91 Å². The minimum Gasteiger partial charge on any atom is -0.338 e. The normalized spacial score (nSPS) is 10.3. The Bertz CT molecular complexity index is 1040. The summed E-state index contributed by atoms with van der Waals surface area (Å²) in [5, 5.41) is 7.87. The fourth-order valence-electron chi connectivity index (χ4n) is 2.51. The topological polar surface area (TPSA) is 135 Å². The molecule has 0 spiro atoms. The summed E-state index contributed by atoms with van der Waals surface area (Å²) in [6.07, 6.45) is 1.64. The second-order valence-corrected chi connectivity index (χ2v) is 6.01. The number of urea groups is 1. The standard InChI is InChI=1S/C19H20N8O2/c1-4-20-19(29)25-15-9-8-13(11(2)22-15)17(28)27-18-24-12(3)23-16(26-18)14-7-5-6-10-21-14/h5-10H,4H2,1-3H3,(H2,20,22,25,29)(H,23,24,26,27,28). The van der Waals surface area contributed by atoms with E-state index >= 15 is 0 Å². The monoisotopic (exact) mass is 392 g/mol. The molecule has 0 saturated carbocycles. The summed E-state index contributed by atoms with van der Waals surface area (Å²) in [5.41, 5.74) is 1.36. The highest BCUT2D eigenvalue weighted by molar-refractivity contribution is 6.04. The molecular formula is C19H20N8O2. The smallest absolute Gasteiger partial charge is 0.320 e. The van der Waals surface area contributed by atoms with Crippen molar-refractivity contribution in [1.29, 1.82) is 0 Å². The molecule has 0 radical (unpaired) electrons. The highest BCUT2D eigenvalue weighted by Gasteiger charge is 2.15. The van der Waals surface area contributed by atoms with Crippen molar-refractivity contribution in [3.05, 3.63) is 53.6 Å². The van der Waals surface area contributed by atoms with Crippen molar-refractivity contribution in [2.45, 2.75) is 20.8 Å². The average Bonchev–Trinajstić information content (AvgIpc) is 2.68. The van der Waals surface area contributed by atoms with E-state index in [-0.39, 0.29) is 12.0 Å². The molecule has 3 aromatic heterocycles. The zero-order valence-electron chi connectivity index (χ0n) is 16.2. The number of aryl methyl sites for hydroxylation is 2. The number of hydrogen-bond acceptors (Lipinski definition) is 7. The lowest BCUT2D eigenvalue weighted by molar-refractivity contribution is 0.102. The molecule has 10 heteroatoms. The fraction of sp³-hybridized carbons (Fsp3) is 0.211. The van der Waals surface area contributed by atoms with Crippen LogP contribution < -0.4 is 16.0 Å². The van der Waals surface area contributed by atoms with Crippen molar-refractivity contribution >= 4 is 23.7 Å². The van der Waals surface area contributed by atoms with E-state index in [4.69, 9.17) is 0 Å². The Labute approximate surface area is 167 Å². The van der Waals surface area contributed by atoms with Gasteiger partial charge in [-0.25, -0.2) is 14.8 Å². The Morgan fingerprint density at radius 2 is 1.79 bits per heavy atom. The molecule has 0 atom stereocenters. The number of carbonyl (C=O) groups excluding carboxylic acids is 2. The lowest BCUT2D eigenvalue weighted by Gasteiger charge is -2.10. The molecule has 0 aliphatic rings.